The number of hydrogen-bond acceptors (Lipinski definition) is 5. The standard InChI is InChI=1S/C66H133NO5/c1-3-5-7-9-11-13-15-17-19-21-23-24-25-26-27-28-29-30-31-32-33-34-35-36-37-38-39-40-41-42-44-46-48-50-52-54-56-58-60-64(70)66(72)67-62(61-68)65(71)63(69)59-57-55-53-51-49-47-45-43-22-20-18-16-14-12-10-8-6-4-2/h62-65,68-71H,3-61H2,1-2H3,(H,67,72). The number of aliphatic hydroxyl groups excluding tert-OH is 4. The molecule has 4 unspecified atom stereocenters. The number of carbonyl (C=O) groups excluding carboxylic acids is 1. The van der Waals surface area contributed by atoms with Crippen molar-refractivity contribution in [2.45, 2.75) is 411 Å². The molecule has 0 fully saturated rings. The molecule has 0 bridgehead atoms. The van der Waals surface area contributed by atoms with Gasteiger partial charge in [0.1, 0.15) is 12.2 Å². The Morgan fingerprint density at radius 1 is 0.292 bits per heavy atom. The topological polar surface area (TPSA) is 110 Å². The van der Waals surface area contributed by atoms with Crippen LogP contribution >= 0.6 is 0 Å². The van der Waals surface area contributed by atoms with E-state index in [-0.39, 0.29) is 0 Å². The average molecular weight is 1020 g/mol. The van der Waals surface area contributed by atoms with Crippen LogP contribution in [0.1, 0.15) is 386 Å². The molecule has 6 heteroatoms. The molecule has 0 aliphatic rings. The van der Waals surface area contributed by atoms with Crippen molar-refractivity contribution < 1.29 is 25.2 Å². The highest BCUT2D eigenvalue weighted by atomic mass is 16.3. The molecule has 0 saturated carbocycles. The van der Waals surface area contributed by atoms with Gasteiger partial charge in [-0.05, 0) is 12.8 Å². The largest absolute Gasteiger partial charge is 0.394 e. The molecule has 0 rings (SSSR count). The van der Waals surface area contributed by atoms with Crippen LogP contribution < -0.4 is 5.32 Å². The number of carbonyl (C=O) groups is 1. The fraction of sp³-hybridized carbons (Fsp3) is 0.985. The number of amides is 1. The summed E-state index contributed by atoms with van der Waals surface area (Å²) in [6.45, 7) is 4.11. The van der Waals surface area contributed by atoms with Crippen LogP contribution in [-0.4, -0.2) is 57.3 Å². The van der Waals surface area contributed by atoms with E-state index in [1.807, 2.05) is 0 Å². The molecule has 0 saturated heterocycles. The van der Waals surface area contributed by atoms with Gasteiger partial charge in [-0.2, -0.15) is 0 Å². The molecule has 1 amide bonds. The predicted octanol–water partition coefficient (Wildman–Crippen LogP) is 20.2. The molecule has 0 radical (unpaired) electrons. The van der Waals surface area contributed by atoms with Gasteiger partial charge in [-0.15, -0.1) is 0 Å². The molecule has 0 aliphatic heterocycles. The first-order valence-corrected chi connectivity index (χ1v) is 33.4. The Bertz CT molecular complexity index is 1010. The maximum atomic E-state index is 12.6. The molecular formula is C66H133NO5. The van der Waals surface area contributed by atoms with E-state index in [0.29, 0.717) is 12.8 Å². The molecule has 0 heterocycles. The molecular weight excluding hydrogens is 887 g/mol. The van der Waals surface area contributed by atoms with E-state index in [1.54, 1.807) is 0 Å². The number of aliphatic hydroxyl groups is 4. The van der Waals surface area contributed by atoms with Crippen molar-refractivity contribution in [1.82, 2.24) is 5.32 Å². The van der Waals surface area contributed by atoms with Crippen LogP contribution in [0.25, 0.3) is 0 Å². The Labute approximate surface area is 451 Å². The van der Waals surface area contributed by atoms with Gasteiger partial charge in [0.05, 0.1) is 18.8 Å². The van der Waals surface area contributed by atoms with Gasteiger partial charge in [-0.25, -0.2) is 0 Å². The van der Waals surface area contributed by atoms with Gasteiger partial charge in [0, 0.05) is 0 Å². The number of nitrogens with one attached hydrogen (secondary N) is 1. The van der Waals surface area contributed by atoms with Crippen LogP contribution in [0.5, 0.6) is 0 Å². The van der Waals surface area contributed by atoms with Crippen LogP contribution in [-0.2, 0) is 4.79 Å². The van der Waals surface area contributed by atoms with Crippen LogP contribution in [0.4, 0.5) is 0 Å². The lowest BCUT2D eigenvalue weighted by Crippen LogP contribution is -2.53. The highest BCUT2D eigenvalue weighted by Crippen LogP contribution is 2.20. The van der Waals surface area contributed by atoms with Gasteiger partial charge in [0.2, 0.25) is 5.91 Å². The summed E-state index contributed by atoms with van der Waals surface area (Å²) in [5, 5.41) is 44.1. The number of rotatable bonds is 63. The quantitative estimate of drug-likeness (QED) is 0.0390. The SMILES string of the molecule is CCCCCCCCCCCCCCCCCCCCCCCCCCCCCCCCCCCCCCCCC(O)C(=O)NC(CO)C(O)C(O)CCCCCCCCCCCCCCCCCCCC. The summed E-state index contributed by atoms with van der Waals surface area (Å²) in [6.07, 6.45) is 73.7. The van der Waals surface area contributed by atoms with Gasteiger partial charge in [-0.3, -0.25) is 4.79 Å². The second-order valence-electron chi connectivity index (χ2n) is 23.5. The summed E-state index contributed by atoms with van der Waals surface area (Å²) >= 11 is 0. The van der Waals surface area contributed by atoms with Gasteiger partial charge in [0.15, 0.2) is 0 Å². The lowest BCUT2D eigenvalue weighted by molar-refractivity contribution is -0.132. The maximum absolute atomic E-state index is 12.6. The zero-order valence-corrected chi connectivity index (χ0v) is 49.2. The summed E-state index contributed by atoms with van der Waals surface area (Å²) < 4.78 is 0. The van der Waals surface area contributed by atoms with Crippen LogP contribution in [0.2, 0.25) is 0 Å². The zero-order chi connectivity index (χ0) is 52.3. The van der Waals surface area contributed by atoms with Gasteiger partial charge >= 0.3 is 0 Å². The van der Waals surface area contributed by atoms with Crippen LogP contribution in [0, 0.1) is 0 Å². The molecule has 5 N–H and O–H groups in total. The summed E-state index contributed by atoms with van der Waals surface area (Å²) in [6, 6.07) is -0.981. The first kappa shape index (κ1) is 71.3. The minimum Gasteiger partial charge on any atom is -0.394 e. The second-order valence-corrected chi connectivity index (χ2v) is 23.5. The predicted molar refractivity (Wildman–Crippen MR) is 316 cm³/mol. The third-order valence-electron chi connectivity index (χ3n) is 16.3. The molecule has 6 nitrogen and oxygen atoms in total. The zero-order valence-electron chi connectivity index (χ0n) is 49.2. The van der Waals surface area contributed by atoms with E-state index < -0.39 is 36.9 Å². The highest BCUT2D eigenvalue weighted by molar-refractivity contribution is 5.80. The Balaban J connectivity index is 3.46. The molecule has 0 aliphatic carbocycles. The van der Waals surface area contributed by atoms with E-state index in [0.717, 1.165) is 38.5 Å². The highest BCUT2D eigenvalue weighted by Gasteiger charge is 2.28. The summed E-state index contributed by atoms with van der Waals surface area (Å²) in [5.41, 5.74) is 0. The minimum atomic E-state index is -1.26. The Morgan fingerprint density at radius 3 is 0.667 bits per heavy atom. The summed E-state index contributed by atoms with van der Waals surface area (Å²) in [4.78, 5) is 12.6. The van der Waals surface area contributed by atoms with E-state index in [4.69, 9.17) is 0 Å². The van der Waals surface area contributed by atoms with E-state index in [1.165, 1.54) is 321 Å². The molecule has 72 heavy (non-hydrogen) atoms. The van der Waals surface area contributed by atoms with Gasteiger partial charge in [0.25, 0.3) is 0 Å². The van der Waals surface area contributed by atoms with Crippen molar-refractivity contribution in [1.29, 1.82) is 0 Å². The normalized spacial score (nSPS) is 13.5. The molecule has 0 spiro atoms. The summed E-state index contributed by atoms with van der Waals surface area (Å²) in [5.74, 6) is -0.574. The van der Waals surface area contributed by atoms with Gasteiger partial charge in [-0.1, -0.05) is 373 Å². The number of hydrogen-bond donors (Lipinski definition) is 5. The molecule has 4 atom stereocenters. The third kappa shape index (κ3) is 54.1. The monoisotopic (exact) mass is 1020 g/mol. The van der Waals surface area contributed by atoms with E-state index in [9.17, 15) is 25.2 Å². The van der Waals surface area contributed by atoms with Crippen LogP contribution in [0.15, 0.2) is 0 Å². The Kier molecular flexibility index (Phi) is 60.6. The van der Waals surface area contributed by atoms with Crippen molar-refractivity contribution in [2.75, 3.05) is 6.61 Å². The summed E-state index contributed by atoms with van der Waals surface area (Å²) in [7, 11) is 0. The van der Waals surface area contributed by atoms with Crippen molar-refractivity contribution >= 4 is 5.91 Å². The van der Waals surface area contributed by atoms with Crippen LogP contribution in [0.3, 0.4) is 0 Å². The third-order valence-corrected chi connectivity index (χ3v) is 16.3. The first-order chi connectivity index (χ1) is 35.5. The molecule has 0 aromatic carbocycles. The average Bonchev–Trinajstić information content (AvgIpc) is 3.39. The fourth-order valence-corrected chi connectivity index (χ4v) is 11.1. The first-order valence-electron chi connectivity index (χ1n) is 33.4. The van der Waals surface area contributed by atoms with Crippen molar-refractivity contribution in [3.05, 3.63) is 0 Å². The van der Waals surface area contributed by atoms with Gasteiger partial charge < -0.3 is 25.7 Å². The molecule has 432 valence electrons. The lowest BCUT2D eigenvalue weighted by Gasteiger charge is -2.27. The van der Waals surface area contributed by atoms with Crippen molar-refractivity contribution in [3.8, 4) is 0 Å². The Morgan fingerprint density at radius 2 is 0.472 bits per heavy atom. The molecule has 0 aromatic rings. The Hall–Kier alpha value is -0.690. The second kappa shape index (κ2) is 61.2. The minimum absolute atomic E-state index is 0.377. The van der Waals surface area contributed by atoms with Crippen molar-refractivity contribution in [2.24, 2.45) is 0 Å². The number of unbranched alkanes of at least 4 members (excludes halogenated alkanes) is 54. The fourth-order valence-electron chi connectivity index (χ4n) is 11.1. The van der Waals surface area contributed by atoms with Crippen molar-refractivity contribution in [3.63, 3.8) is 0 Å². The smallest absolute Gasteiger partial charge is 0.249 e. The van der Waals surface area contributed by atoms with E-state index >= 15 is 0 Å². The molecule has 0 aromatic heterocycles. The lowest BCUT2D eigenvalue weighted by atomic mass is 9.99. The van der Waals surface area contributed by atoms with E-state index in [2.05, 4.69) is 19.2 Å². The maximum Gasteiger partial charge on any atom is 0.249 e.